The molecule has 0 atom stereocenters. The molecule has 0 aliphatic rings. The van der Waals surface area contributed by atoms with Gasteiger partial charge >= 0.3 is 0 Å². The van der Waals surface area contributed by atoms with E-state index in [1.54, 1.807) is 36.6 Å². The molecule has 1 aromatic carbocycles. The molecule has 0 unspecified atom stereocenters. The molecule has 0 saturated carbocycles. The molecule has 0 aliphatic carbocycles. The predicted molar refractivity (Wildman–Crippen MR) is 122 cm³/mol. The largest absolute Gasteiger partial charge is 0.497 e. The first kappa shape index (κ1) is 21.5. The normalized spacial score (nSPS) is 11.2. The van der Waals surface area contributed by atoms with Crippen LogP contribution in [0.2, 0.25) is 0 Å². The van der Waals surface area contributed by atoms with Crippen molar-refractivity contribution < 1.29 is 9.53 Å². The number of carbonyl (C=O) groups excluding carboxylic acids is 1. The Labute approximate surface area is 186 Å². The topological polar surface area (TPSA) is 89.6 Å². The maximum absolute atomic E-state index is 13.0. The molecule has 0 bridgehead atoms. The third kappa shape index (κ3) is 4.19. The Bertz CT molecular complexity index is 1210. The molecule has 0 aliphatic heterocycles. The van der Waals surface area contributed by atoms with Crippen LogP contribution < -0.4 is 10.1 Å². The molecule has 0 spiro atoms. The summed E-state index contributed by atoms with van der Waals surface area (Å²) in [6.45, 7) is 7.45. The van der Waals surface area contributed by atoms with E-state index >= 15 is 0 Å². The molecule has 9 heteroatoms. The van der Waals surface area contributed by atoms with Gasteiger partial charge in [-0.15, -0.1) is 0 Å². The molecule has 1 amide bonds. The number of methoxy groups -OCH3 is 1. The molecular weight excluding hydrogens is 406 g/mol. The first-order chi connectivity index (χ1) is 15.7. The van der Waals surface area contributed by atoms with E-state index in [2.05, 4.69) is 34.1 Å². The molecular formula is C23H27N7O2. The van der Waals surface area contributed by atoms with Crippen molar-refractivity contribution in [1.82, 2.24) is 34.4 Å². The SMILES string of the molecule is CCN(CC)CCNC(=O)c1nc(-c2ccnn2-c2cccc(OC)c2)n2ccncc12. The monoisotopic (exact) mass is 433 g/mol. The number of amides is 1. The summed E-state index contributed by atoms with van der Waals surface area (Å²) in [5.41, 5.74) is 2.56. The van der Waals surface area contributed by atoms with Crippen molar-refractivity contribution in [3.8, 4) is 23.0 Å². The zero-order chi connectivity index (χ0) is 22.5. The first-order valence-electron chi connectivity index (χ1n) is 10.7. The molecule has 4 rings (SSSR count). The Balaban J connectivity index is 1.69. The summed E-state index contributed by atoms with van der Waals surface area (Å²) >= 11 is 0. The van der Waals surface area contributed by atoms with Crippen molar-refractivity contribution >= 4 is 11.4 Å². The van der Waals surface area contributed by atoms with E-state index in [1.807, 2.05) is 34.7 Å². The van der Waals surface area contributed by atoms with E-state index in [0.717, 1.165) is 36.8 Å². The highest BCUT2D eigenvalue weighted by Gasteiger charge is 2.21. The van der Waals surface area contributed by atoms with Crippen LogP contribution in [0.3, 0.4) is 0 Å². The lowest BCUT2D eigenvalue weighted by Gasteiger charge is -2.17. The Hall–Kier alpha value is -3.72. The van der Waals surface area contributed by atoms with Crippen LogP contribution in [0, 0.1) is 0 Å². The summed E-state index contributed by atoms with van der Waals surface area (Å²) in [6.07, 6.45) is 6.84. The van der Waals surface area contributed by atoms with Gasteiger partial charge in [0.2, 0.25) is 0 Å². The summed E-state index contributed by atoms with van der Waals surface area (Å²) in [5.74, 6) is 1.12. The second kappa shape index (κ2) is 9.61. The number of rotatable bonds is 9. The highest BCUT2D eigenvalue weighted by molar-refractivity contribution is 5.99. The fraction of sp³-hybridized carbons (Fsp3) is 0.304. The first-order valence-corrected chi connectivity index (χ1v) is 10.7. The third-order valence-corrected chi connectivity index (χ3v) is 5.44. The minimum atomic E-state index is -0.221. The average Bonchev–Trinajstić information content (AvgIpc) is 3.47. The molecule has 9 nitrogen and oxygen atoms in total. The van der Waals surface area contributed by atoms with Crippen LogP contribution in [-0.2, 0) is 0 Å². The molecule has 166 valence electrons. The molecule has 3 heterocycles. The summed E-state index contributed by atoms with van der Waals surface area (Å²) in [6, 6.07) is 9.49. The number of carbonyl (C=O) groups is 1. The number of aromatic nitrogens is 5. The van der Waals surface area contributed by atoms with Gasteiger partial charge in [0.15, 0.2) is 11.5 Å². The van der Waals surface area contributed by atoms with Gasteiger partial charge < -0.3 is 15.0 Å². The predicted octanol–water partition coefficient (Wildman–Crippen LogP) is 2.66. The van der Waals surface area contributed by atoms with E-state index in [4.69, 9.17) is 9.72 Å². The van der Waals surface area contributed by atoms with Crippen molar-refractivity contribution in [2.24, 2.45) is 0 Å². The van der Waals surface area contributed by atoms with Gasteiger partial charge in [-0.3, -0.25) is 14.2 Å². The average molecular weight is 434 g/mol. The van der Waals surface area contributed by atoms with Gasteiger partial charge in [0.05, 0.1) is 30.7 Å². The standard InChI is InChI=1S/C23H27N7O2/c1-4-28(5-2)13-12-25-23(31)21-20-16-24-11-14-29(20)22(27-21)19-9-10-26-30(19)17-7-6-8-18(15-17)32-3/h6-11,14-16H,4-5,12-13H2,1-3H3,(H,25,31). The Kier molecular flexibility index (Phi) is 6.46. The smallest absolute Gasteiger partial charge is 0.272 e. The minimum Gasteiger partial charge on any atom is -0.497 e. The van der Waals surface area contributed by atoms with Crippen molar-refractivity contribution in [2.75, 3.05) is 33.3 Å². The van der Waals surface area contributed by atoms with E-state index in [0.29, 0.717) is 23.6 Å². The molecule has 32 heavy (non-hydrogen) atoms. The minimum absolute atomic E-state index is 0.221. The Morgan fingerprint density at radius 3 is 2.81 bits per heavy atom. The van der Waals surface area contributed by atoms with Crippen LogP contribution in [0.4, 0.5) is 0 Å². The van der Waals surface area contributed by atoms with Crippen molar-refractivity contribution in [3.63, 3.8) is 0 Å². The van der Waals surface area contributed by atoms with Gasteiger partial charge in [-0.1, -0.05) is 19.9 Å². The van der Waals surface area contributed by atoms with Gasteiger partial charge in [-0.25, -0.2) is 9.67 Å². The Morgan fingerprint density at radius 1 is 1.19 bits per heavy atom. The van der Waals surface area contributed by atoms with Crippen LogP contribution in [0.25, 0.3) is 22.7 Å². The van der Waals surface area contributed by atoms with Crippen LogP contribution in [0.15, 0.2) is 55.1 Å². The summed E-state index contributed by atoms with van der Waals surface area (Å²) in [7, 11) is 1.63. The van der Waals surface area contributed by atoms with Gasteiger partial charge in [-0.2, -0.15) is 5.10 Å². The number of nitrogens with zero attached hydrogens (tertiary/aromatic N) is 6. The molecule has 4 aromatic rings. The zero-order valence-corrected chi connectivity index (χ0v) is 18.5. The van der Waals surface area contributed by atoms with Crippen LogP contribution in [0.1, 0.15) is 24.3 Å². The number of imidazole rings is 1. The number of hydrogen-bond donors (Lipinski definition) is 1. The molecule has 0 saturated heterocycles. The highest BCUT2D eigenvalue weighted by Crippen LogP contribution is 2.26. The van der Waals surface area contributed by atoms with Crippen molar-refractivity contribution in [1.29, 1.82) is 0 Å². The second-order valence-corrected chi connectivity index (χ2v) is 7.23. The molecule has 0 radical (unpaired) electrons. The number of hydrogen-bond acceptors (Lipinski definition) is 6. The fourth-order valence-electron chi connectivity index (χ4n) is 3.66. The van der Waals surface area contributed by atoms with E-state index in [9.17, 15) is 4.79 Å². The van der Waals surface area contributed by atoms with Gasteiger partial charge in [-0.05, 0) is 31.3 Å². The van der Waals surface area contributed by atoms with Crippen molar-refractivity contribution in [2.45, 2.75) is 13.8 Å². The van der Waals surface area contributed by atoms with Crippen LogP contribution in [0.5, 0.6) is 5.75 Å². The van der Waals surface area contributed by atoms with Gasteiger partial charge in [0.1, 0.15) is 11.4 Å². The summed E-state index contributed by atoms with van der Waals surface area (Å²) < 4.78 is 8.99. The van der Waals surface area contributed by atoms with Gasteiger partial charge in [0, 0.05) is 31.5 Å². The number of nitrogens with one attached hydrogen (secondary N) is 1. The fourth-order valence-corrected chi connectivity index (χ4v) is 3.66. The summed E-state index contributed by atoms with van der Waals surface area (Å²) in [5, 5.41) is 7.46. The lowest BCUT2D eigenvalue weighted by atomic mass is 10.3. The van der Waals surface area contributed by atoms with Gasteiger partial charge in [0.25, 0.3) is 5.91 Å². The van der Waals surface area contributed by atoms with Crippen LogP contribution >= 0.6 is 0 Å². The maximum Gasteiger partial charge on any atom is 0.272 e. The number of likely N-dealkylation sites (N-methyl/N-ethyl adjacent to an activating group) is 1. The van der Waals surface area contributed by atoms with E-state index in [-0.39, 0.29) is 5.91 Å². The molecule has 0 fully saturated rings. The second-order valence-electron chi connectivity index (χ2n) is 7.23. The highest BCUT2D eigenvalue weighted by atomic mass is 16.5. The number of fused-ring (bicyclic) bond motifs is 1. The van der Waals surface area contributed by atoms with E-state index < -0.39 is 0 Å². The third-order valence-electron chi connectivity index (χ3n) is 5.44. The number of benzene rings is 1. The summed E-state index contributed by atoms with van der Waals surface area (Å²) in [4.78, 5) is 24.1. The quantitative estimate of drug-likeness (QED) is 0.437. The lowest BCUT2D eigenvalue weighted by molar-refractivity contribution is 0.0946. The Morgan fingerprint density at radius 2 is 2.03 bits per heavy atom. The zero-order valence-electron chi connectivity index (χ0n) is 18.5. The lowest BCUT2D eigenvalue weighted by Crippen LogP contribution is -2.35. The van der Waals surface area contributed by atoms with E-state index in [1.165, 1.54) is 0 Å². The van der Waals surface area contributed by atoms with Crippen LogP contribution in [-0.4, -0.2) is 68.2 Å². The molecule has 1 N–H and O–H groups in total. The number of ether oxygens (including phenoxy) is 1. The van der Waals surface area contributed by atoms with Crippen molar-refractivity contribution in [3.05, 3.63) is 60.8 Å². The maximum atomic E-state index is 13.0. The molecule has 3 aromatic heterocycles.